The van der Waals surface area contributed by atoms with E-state index in [1.165, 1.54) is 24.0 Å². The summed E-state index contributed by atoms with van der Waals surface area (Å²) in [5.41, 5.74) is 2.24. The Morgan fingerprint density at radius 1 is 1.00 bits per heavy atom. The molecule has 1 aliphatic heterocycles. The molecule has 0 aliphatic carbocycles. The number of piperidine rings is 1. The predicted octanol–water partition coefficient (Wildman–Crippen LogP) is 5.18. The second kappa shape index (κ2) is 8.59. The molecule has 0 aromatic heterocycles. The van der Waals surface area contributed by atoms with Crippen LogP contribution in [0.2, 0.25) is 0 Å². The molecule has 1 heterocycles. The Bertz CT molecular complexity index is 643. The molecule has 1 atom stereocenters. The molecular weight excluding hydrogens is 313 g/mol. The largest absolute Gasteiger partial charge is 0.356 e. The number of ether oxygens (including phenoxy) is 1. The van der Waals surface area contributed by atoms with Gasteiger partial charge in [0.05, 0.1) is 6.61 Å². The van der Waals surface area contributed by atoms with E-state index in [0.717, 1.165) is 32.4 Å². The van der Waals surface area contributed by atoms with E-state index in [1.807, 2.05) is 18.2 Å². The lowest BCUT2D eigenvalue weighted by molar-refractivity contribution is -0.171. The molecule has 2 aromatic carbocycles. The van der Waals surface area contributed by atoms with E-state index >= 15 is 0 Å². The summed E-state index contributed by atoms with van der Waals surface area (Å²) in [6.45, 7) is 5.00. The van der Waals surface area contributed by atoms with Gasteiger partial charge in [0.25, 0.3) is 0 Å². The van der Waals surface area contributed by atoms with Crippen LogP contribution in [0.25, 0.3) is 0 Å². The van der Waals surface area contributed by atoms with E-state index in [4.69, 9.17) is 4.74 Å². The summed E-state index contributed by atoms with van der Waals surface area (Å²) < 4.78 is 19.4. The average Bonchev–Trinajstić information content (AvgIpc) is 2.64. The lowest BCUT2D eigenvalue weighted by Crippen LogP contribution is -2.51. The fraction of sp³-hybridized carbons (Fsp3) is 0.455. The van der Waals surface area contributed by atoms with Crippen molar-refractivity contribution < 1.29 is 9.13 Å². The first-order valence-electron chi connectivity index (χ1n) is 9.33. The Morgan fingerprint density at radius 2 is 1.76 bits per heavy atom. The third kappa shape index (κ3) is 5.13. The van der Waals surface area contributed by atoms with Crippen LogP contribution in [-0.2, 0) is 17.8 Å². The molecule has 0 amide bonds. The second-order valence-electron chi connectivity index (χ2n) is 7.12. The Hall–Kier alpha value is -1.71. The molecule has 1 aliphatic rings. The van der Waals surface area contributed by atoms with Crippen molar-refractivity contribution in [1.82, 2.24) is 4.90 Å². The lowest BCUT2D eigenvalue weighted by atomic mass is 9.98. The van der Waals surface area contributed by atoms with Gasteiger partial charge < -0.3 is 4.74 Å². The van der Waals surface area contributed by atoms with Gasteiger partial charge in [-0.05, 0) is 62.3 Å². The van der Waals surface area contributed by atoms with E-state index in [0.29, 0.717) is 6.61 Å². The molecule has 134 valence electrons. The number of nitrogens with zero attached hydrogens (tertiary/aromatic N) is 1. The minimum Gasteiger partial charge on any atom is -0.356 e. The smallest absolute Gasteiger partial charge is 0.123 e. The topological polar surface area (TPSA) is 12.5 Å². The predicted molar refractivity (Wildman–Crippen MR) is 99.8 cm³/mol. The highest BCUT2D eigenvalue weighted by atomic mass is 19.1. The Morgan fingerprint density at radius 3 is 2.52 bits per heavy atom. The molecule has 2 nitrogen and oxygen atoms in total. The fourth-order valence-corrected chi connectivity index (χ4v) is 3.60. The van der Waals surface area contributed by atoms with Gasteiger partial charge in [-0.2, -0.15) is 0 Å². The normalized spacial score (nSPS) is 21.4. The molecule has 1 saturated heterocycles. The zero-order valence-corrected chi connectivity index (χ0v) is 15.1. The molecule has 0 N–H and O–H groups in total. The standard InChI is InChI=1S/C22H28FNO/c1-22(25-18-20-8-3-2-4-9-20)15-5-6-16-24(22)17-7-10-19-11-13-21(23)14-12-19/h2-4,8-9,11-14H,5-7,10,15-18H2,1H3. The molecule has 2 aromatic rings. The molecule has 25 heavy (non-hydrogen) atoms. The van der Waals surface area contributed by atoms with Crippen LogP contribution < -0.4 is 0 Å². The first-order chi connectivity index (χ1) is 12.2. The Balaban J connectivity index is 1.53. The third-order valence-electron chi connectivity index (χ3n) is 5.19. The van der Waals surface area contributed by atoms with Gasteiger partial charge >= 0.3 is 0 Å². The molecular formula is C22H28FNO. The maximum atomic E-state index is 13.0. The van der Waals surface area contributed by atoms with Gasteiger partial charge in [-0.3, -0.25) is 4.90 Å². The Kier molecular flexibility index (Phi) is 6.22. The molecule has 1 unspecified atom stereocenters. The molecule has 1 fully saturated rings. The summed E-state index contributed by atoms with van der Waals surface area (Å²) in [7, 11) is 0. The van der Waals surface area contributed by atoms with Gasteiger partial charge in [0.15, 0.2) is 0 Å². The van der Waals surface area contributed by atoms with Crippen LogP contribution in [-0.4, -0.2) is 23.7 Å². The van der Waals surface area contributed by atoms with Gasteiger partial charge in [0, 0.05) is 13.1 Å². The van der Waals surface area contributed by atoms with Gasteiger partial charge in [-0.15, -0.1) is 0 Å². The first kappa shape index (κ1) is 18.1. The monoisotopic (exact) mass is 341 g/mol. The highest BCUT2D eigenvalue weighted by Crippen LogP contribution is 2.30. The van der Waals surface area contributed by atoms with Crippen molar-refractivity contribution in [3.8, 4) is 0 Å². The van der Waals surface area contributed by atoms with E-state index in [9.17, 15) is 4.39 Å². The quantitative estimate of drug-likeness (QED) is 0.688. The van der Waals surface area contributed by atoms with Crippen LogP contribution in [0.1, 0.15) is 43.7 Å². The molecule has 0 saturated carbocycles. The minimum atomic E-state index is -0.184. The zero-order chi connectivity index (χ0) is 17.5. The van der Waals surface area contributed by atoms with Crippen LogP contribution in [0.5, 0.6) is 0 Å². The van der Waals surface area contributed by atoms with Crippen LogP contribution in [0, 0.1) is 5.82 Å². The first-order valence-corrected chi connectivity index (χ1v) is 9.33. The molecule has 0 bridgehead atoms. The molecule has 3 heteroatoms. The van der Waals surface area contributed by atoms with Crippen molar-refractivity contribution >= 4 is 0 Å². The van der Waals surface area contributed by atoms with Crippen molar-refractivity contribution in [3.05, 3.63) is 71.5 Å². The maximum Gasteiger partial charge on any atom is 0.123 e. The summed E-state index contributed by atoms with van der Waals surface area (Å²) in [5, 5.41) is 0. The number of halogens is 1. The third-order valence-corrected chi connectivity index (χ3v) is 5.19. The minimum absolute atomic E-state index is 0.165. The van der Waals surface area contributed by atoms with Gasteiger partial charge in [-0.1, -0.05) is 42.5 Å². The van der Waals surface area contributed by atoms with Gasteiger partial charge in [-0.25, -0.2) is 4.39 Å². The molecule has 3 rings (SSSR count). The number of aryl methyl sites for hydroxylation is 1. The molecule has 0 radical (unpaired) electrons. The van der Waals surface area contributed by atoms with Crippen LogP contribution in [0.3, 0.4) is 0 Å². The van der Waals surface area contributed by atoms with Crippen molar-refractivity contribution in [3.63, 3.8) is 0 Å². The number of hydrogen-bond donors (Lipinski definition) is 0. The van der Waals surface area contributed by atoms with Crippen molar-refractivity contribution in [2.24, 2.45) is 0 Å². The summed E-state index contributed by atoms with van der Waals surface area (Å²) >= 11 is 0. The van der Waals surface area contributed by atoms with Crippen molar-refractivity contribution in [2.75, 3.05) is 13.1 Å². The van der Waals surface area contributed by atoms with E-state index in [-0.39, 0.29) is 11.5 Å². The number of likely N-dealkylation sites (tertiary alicyclic amines) is 1. The highest BCUT2D eigenvalue weighted by molar-refractivity contribution is 5.16. The van der Waals surface area contributed by atoms with E-state index in [1.54, 1.807) is 12.1 Å². The SMILES string of the molecule is CC1(OCc2ccccc2)CCCCN1CCCc1ccc(F)cc1. The van der Waals surface area contributed by atoms with Gasteiger partial charge in [0.1, 0.15) is 11.5 Å². The maximum absolute atomic E-state index is 13.0. The Labute approximate surface area is 150 Å². The number of hydrogen-bond acceptors (Lipinski definition) is 2. The van der Waals surface area contributed by atoms with Crippen LogP contribution >= 0.6 is 0 Å². The average molecular weight is 341 g/mol. The van der Waals surface area contributed by atoms with Gasteiger partial charge in [0.2, 0.25) is 0 Å². The summed E-state index contributed by atoms with van der Waals surface area (Å²) in [5.74, 6) is -0.165. The fourth-order valence-electron chi connectivity index (χ4n) is 3.60. The van der Waals surface area contributed by atoms with Crippen molar-refractivity contribution in [1.29, 1.82) is 0 Å². The van der Waals surface area contributed by atoms with Crippen molar-refractivity contribution in [2.45, 2.75) is 51.4 Å². The number of benzene rings is 2. The highest BCUT2D eigenvalue weighted by Gasteiger charge is 2.34. The van der Waals surface area contributed by atoms with Crippen LogP contribution in [0.4, 0.5) is 4.39 Å². The second-order valence-corrected chi connectivity index (χ2v) is 7.12. The van der Waals surface area contributed by atoms with Crippen LogP contribution in [0.15, 0.2) is 54.6 Å². The molecule has 0 spiro atoms. The zero-order valence-electron chi connectivity index (χ0n) is 15.1. The lowest BCUT2D eigenvalue weighted by Gasteiger charge is -2.44. The van der Waals surface area contributed by atoms with E-state index in [2.05, 4.69) is 36.1 Å². The summed E-state index contributed by atoms with van der Waals surface area (Å²) in [6, 6.07) is 17.2. The van der Waals surface area contributed by atoms with E-state index < -0.39 is 0 Å². The number of rotatable bonds is 7. The summed E-state index contributed by atoms with van der Waals surface area (Å²) in [6.07, 6.45) is 5.58. The summed E-state index contributed by atoms with van der Waals surface area (Å²) in [4.78, 5) is 2.49.